The van der Waals surface area contributed by atoms with Crippen molar-refractivity contribution in [1.82, 2.24) is 5.32 Å². The van der Waals surface area contributed by atoms with Crippen LogP contribution in [-0.4, -0.2) is 17.5 Å². The average Bonchev–Trinajstić information content (AvgIpc) is 3.39. The molecule has 0 aliphatic heterocycles. The van der Waals surface area contributed by atoms with Crippen LogP contribution in [0.3, 0.4) is 0 Å². The maximum atomic E-state index is 12.2. The molecule has 25 heavy (non-hydrogen) atoms. The van der Waals surface area contributed by atoms with Crippen LogP contribution in [0.25, 0.3) is 11.1 Å². The topological polar surface area (TPSA) is 66.4 Å². The van der Waals surface area contributed by atoms with Gasteiger partial charge in [0.25, 0.3) is 0 Å². The van der Waals surface area contributed by atoms with Gasteiger partial charge in [-0.25, -0.2) is 4.79 Å². The minimum Gasteiger partial charge on any atom is -0.465 e. The summed E-state index contributed by atoms with van der Waals surface area (Å²) in [4.78, 5) is 23.7. The highest BCUT2D eigenvalue weighted by Gasteiger charge is 2.63. The van der Waals surface area contributed by atoms with E-state index in [1.54, 1.807) is 0 Å². The summed E-state index contributed by atoms with van der Waals surface area (Å²) in [5, 5.41) is 12.6. The zero-order chi connectivity index (χ0) is 17.7. The molecule has 2 aliphatic rings. The van der Waals surface area contributed by atoms with Gasteiger partial charge in [0.2, 0.25) is 0 Å². The van der Waals surface area contributed by atoms with Gasteiger partial charge in [-0.15, -0.1) is 0 Å². The van der Waals surface area contributed by atoms with E-state index in [0.717, 1.165) is 54.2 Å². The van der Waals surface area contributed by atoms with Gasteiger partial charge in [0, 0.05) is 16.0 Å². The first-order valence-electron chi connectivity index (χ1n) is 8.37. The number of hydrogen-bond acceptors (Lipinski definition) is 2. The first-order chi connectivity index (χ1) is 12.0. The maximum absolute atomic E-state index is 12.2. The molecule has 2 N–H and O–H groups in total. The van der Waals surface area contributed by atoms with Crippen LogP contribution < -0.4 is 5.32 Å². The number of aldehydes is 1. The number of aryl methyl sites for hydroxylation is 1. The van der Waals surface area contributed by atoms with Gasteiger partial charge >= 0.3 is 6.09 Å². The number of carbonyl (C=O) groups excluding carboxylic acids is 1. The van der Waals surface area contributed by atoms with E-state index in [-0.39, 0.29) is 5.41 Å². The highest BCUT2D eigenvalue weighted by atomic mass is 35.5. The van der Waals surface area contributed by atoms with Gasteiger partial charge in [-0.1, -0.05) is 41.9 Å². The lowest BCUT2D eigenvalue weighted by atomic mass is 9.66. The van der Waals surface area contributed by atoms with E-state index in [1.165, 1.54) is 0 Å². The second-order valence-electron chi connectivity index (χ2n) is 6.99. The van der Waals surface area contributed by atoms with Gasteiger partial charge in [0.15, 0.2) is 6.29 Å². The molecule has 1 saturated carbocycles. The van der Waals surface area contributed by atoms with Gasteiger partial charge in [-0.05, 0) is 54.5 Å². The van der Waals surface area contributed by atoms with Gasteiger partial charge in [0.05, 0.1) is 0 Å². The summed E-state index contributed by atoms with van der Waals surface area (Å²) < 4.78 is 0. The number of nitrogens with one attached hydrogen (secondary N) is 1. The zero-order valence-electron chi connectivity index (χ0n) is 13.6. The Labute approximate surface area is 150 Å². The van der Waals surface area contributed by atoms with E-state index >= 15 is 0 Å². The standard InChI is InChI=1S/C20H18ClNO3/c21-17-4-2-1-3-15(17)14-6-5-13-7-8-19(9-10-19)20(12-23,16(13)11-14)22-18(24)25/h1-6,11-12,22H,7-10H2,(H,24,25)/t20-/m1/s1. The fourth-order valence-electron chi connectivity index (χ4n) is 4.26. The Kier molecular flexibility index (Phi) is 3.62. The van der Waals surface area contributed by atoms with Crippen molar-refractivity contribution in [3.8, 4) is 11.1 Å². The van der Waals surface area contributed by atoms with E-state index in [2.05, 4.69) is 5.32 Å². The minimum absolute atomic E-state index is 0.292. The van der Waals surface area contributed by atoms with Crippen molar-refractivity contribution in [2.75, 3.05) is 0 Å². The van der Waals surface area contributed by atoms with E-state index in [4.69, 9.17) is 11.6 Å². The quantitative estimate of drug-likeness (QED) is 0.802. The number of carboxylic acid groups (broad SMARTS) is 1. The van der Waals surface area contributed by atoms with Crippen molar-refractivity contribution in [2.24, 2.45) is 5.41 Å². The smallest absolute Gasteiger partial charge is 0.405 e. The highest BCUT2D eigenvalue weighted by molar-refractivity contribution is 6.33. The first kappa shape index (κ1) is 16.2. The summed E-state index contributed by atoms with van der Waals surface area (Å²) in [6, 6.07) is 13.4. The molecular weight excluding hydrogens is 338 g/mol. The summed E-state index contributed by atoms with van der Waals surface area (Å²) in [7, 11) is 0. The largest absolute Gasteiger partial charge is 0.465 e. The van der Waals surface area contributed by atoms with Crippen LogP contribution in [0.5, 0.6) is 0 Å². The SMILES string of the molecule is O=C[C@@]1(NC(=O)O)c2cc(-c3ccccc3Cl)ccc2CCC12CC2. The van der Waals surface area contributed by atoms with Crippen LogP contribution in [0.1, 0.15) is 30.4 Å². The second kappa shape index (κ2) is 5.60. The predicted octanol–water partition coefficient (Wildman–Crippen LogP) is 4.40. The molecule has 0 radical (unpaired) electrons. The number of rotatable bonds is 3. The van der Waals surface area contributed by atoms with Crippen LogP contribution in [0.2, 0.25) is 5.02 Å². The third kappa shape index (κ3) is 2.35. The van der Waals surface area contributed by atoms with Crippen molar-refractivity contribution >= 4 is 24.0 Å². The molecule has 4 rings (SSSR count). The summed E-state index contributed by atoms with van der Waals surface area (Å²) >= 11 is 6.32. The molecule has 0 saturated heterocycles. The number of benzene rings is 2. The van der Waals surface area contributed by atoms with Crippen LogP contribution in [-0.2, 0) is 16.8 Å². The van der Waals surface area contributed by atoms with E-state index in [0.29, 0.717) is 5.02 Å². The lowest BCUT2D eigenvalue weighted by Gasteiger charge is -2.42. The number of carbonyl (C=O) groups is 2. The molecule has 0 heterocycles. The van der Waals surface area contributed by atoms with Crippen molar-refractivity contribution < 1.29 is 14.7 Å². The molecule has 0 bridgehead atoms. The molecule has 0 unspecified atom stereocenters. The molecule has 2 aliphatic carbocycles. The van der Waals surface area contributed by atoms with E-state index < -0.39 is 11.6 Å². The average molecular weight is 356 g/mol. The fourth-order valence-corrected chi connectivity index (χ4v) is 4.51. The monoisotopic (exact) mass is 355 g/mol. The Hall–Kier alpha value is -2.33. The van der Waals surface area contributed by atoms with Gasteiger partial charge in [0.1, 0.15) is 5.54 Å². The predicted molar refractivity (Wildman–Crippen MR) is 95.8 cm³/mol. The summed E-state index contributed by atoms with van der Waals surface area (Å²) in [6.07, 6.45) is 3.03. The Bertz CT molecular complexity index is 875. The van der Waals surface area contributed by atoms with Crippen molar-refractivity contribution in [1.29, 1.82) is 0 Å². The van der Waals surface area contributed by atoms with Gasteiger partial charge < -0.3 is 15.2 Å². The van der Waals surface area contributed by atoms with Crippen LogP contribution in [0.15, 0.2) is 42.5 Å². The molecule has 1 spiro atoms. The fraction of sp³-hybridized carbons (Fsp3) is 0.300. The van der Waals surface area contributed by atoms with Crippen LogP contribution in [0, 0.1) is 5.41 Å². The van der Waals surface area contributed by atoms with Gasteiger partial charge in [-0.3, -0.25) is 0 Å². The third-order valence-corrected chi connectivity index (χ3v) is 6.09. The molecule has 1 amide bonds. The second-order valence-corrected chi connectivity index (χ2v) is 7.40. The van der Waals surface area contributed by atoms with E-state index in [1.807, 2.05) is 42.5 Å². The number of halogens is 1. The van der Waals surface area contributed by atoms with Crippen LogP contribution >= 0.6 is 11.6 Å². The molecule has 1 atom stereocenters. The zero-order valence-corrected chi connectivity index (χ0v) is 14.3. The first-order valence-corrected chi connectivity index (χ1v) is 8.75. The number of hydrogen-bond donors (Lipinski definition) is 2. The Morgan fingerprint density at radius 3 is 2.56 bits per heavy atom. The van der Waals surface area contributed by atoms with Crippen molar-refractivity contribution in [2.45, 2.75) is 31.2 Å². The third-order valence-electron chi connectivity index (χ3n) is 5.76. The van der Waals surface area contributed by atoms with Crippen molar-refractivity contribution in [3.63, 3.8) is 0 Å². The molecule has 1 fully saturated rings. The summed E-state index contributed by atoms with van der Waals surface area (Å²) in [5.41, 5.74) is 2.08. The van der Waals surface area contributed by atoms with Gasteiger partial charge in [-0.2, -0.15) is 0 Å². The molecule has 128 valence electrons. The Morgan fingerprint density at radius 1 is 1.16 bits per heavy atom. The lowest BCUT2D eigenvalue weighted by Crippen LogP contribution is -2.55. The normalized spacial score (nSPS) is 22.9. The highest BCUT2D eigenvalue weighted by Crippen LogP contribution is 2.63. The molecule has 5 heteroatoms. The van der Waals surface area contributed by atoms with Crippen molar-refractivity contribution in [3.05, 3.63) is 58.6 Å². The van der Waals surface area contributed by atoms with E-state index in [9.17, 15) is 14.7 Å². The molecule has 2 aromatic carbocycles. The lowest BCUT2D eigenvalue weighted by molar-refractivity contribution is -0.116. The molecule has 4 nitrogen and oxygen atoms in total. The summed E-state index contributed by atoms with van der Waals surface area (Å²) in [5.74, 6) is 0. The Balaban J connectivity index is 1.91. The molecule has 2 aromatic rings. The number of amides is 1. The number of fused-ring (bicyclic) bond motifs is 1. The molecular formula is C20H18ClNO3. The minimum atomic E-state index is -1.18. The maximum Gasteiger partial charge on any atom is 0.405 e. The molecule has 0 aromatic heterocycles. The Morgan fingerprint density at radius 2 is 1.92 bits per heavy atom. The summed E-state index contributed by atoms with van der Waals surface area (Å²) in [6.45, 7) is 0. The van der Waals surface area contributed by atoms with Crippen LogP contribution in [0.4, 0.5) is 4.79 Å².